The molecular weight excluding hydrogens is 502 g/mol. The summed E-state index contributed by atoms with van der Waals surface area (Å²) in [6, 6.07) is 30.1. The van der Waals surface area contributed by atoms with Crippen LogP contribution in [0.1, 0.15) is 30.5 Å². The smallest absolute Gasteiger partial charge is 0.328 e. The van der Waals surface area contributed by atoms with Crippen molar-refractivity contribution in [1.29, 1.82) is 0 Å². The lowest BCUT2D eigenvalue weighted by Gasteiger charge is -2.42. The molecule has 1 unspecified atom stereocenters. The van der Waals surface area contributed by atoms with E-state index < -0.39 is 17.6 Å². The predicted molar refractivity (Wildman–Crippen MR) is 153 cm³/mol. The summed E-state index contributed by atoms with van der Waals surface area (Å²) in [4.78, 5) is 44.8. The van der Waals surface area contributed by atoms with Crippen molar-refractivity contribution in [1.82, 2.24) is 14.7 Å². The van der Waals surface area contributed by atoms with E-state index in [-0.39, 0.29) is 29.7 Å². The number of amides is 2. The number of ether oxygens (including phenoxy) is 1. The fraction of sp³-hybridized carbons (Fsp3) is 0.364. The zero-order valence-corrected chi connectivity index (χ0v) is 23.6. The summed E-state index contributed by atoms with van der Waals surface area (Å²) in [7, 11) is 2.98. The van der Waals surface area contributed by atoms with Gasteiger partial charge in [0.15, 0.2) is 0 Å². The molecule has 0 spiro atoms. The quantitative estimate of drug-likeness (QED) is 0.235. The Bertz CT molecular complexity index is 1240. The van der Waals surface area contributed by atoms with Gasteiger partial charge in [-0.1, -0.05) is 105 Å². The number of hydrogen-bond acceptors (Lipinski definition) is 5. The van der Waals surface area contributed by atoms with Crippen molar-refractivity contribution in [2.24, 2.45) is 11.8 Å². The van der Waals surface area contributed by atoms with E-state index in [1.165, 1.54) is 12.0 Å². The van der Waals surface area contributed by atoms with E-state index in [0.29, 0.717) is 19.6 Å². The van der Waals surface area contributed by atoms with Crippen LogP contribution in [-0.4, -0.2) is 78.4 Å². The molecule has 40 heavy (non-hydrogen) atoms. The Morgan fingerprint density at radius 2 is 1.25 bits per heavy atom. The Morgan fingerprint density at radius 3 is 1.65 bits per heavy atom. The third kappa shape index (κ3) is 4.79. The van der Waals surface area contributed by atoms with E-state index in [9.17, 15) is 14.4 Å². The summed E-state index contributed by atoms with van der Waals surface area (Å²) in [6.07, 6.45) is 0. The van der Waals surface area contributed by atoms with E-state index in [2.05, 4.69) is 41.3 Å². The maximum absolute atomic E-state index is 13.8. The van der Waals surface area contributed by atoms with Crippen molar-refractivity contribution < 1.29 is 19.1 Å². The van der Waals surface area contributed by atoms with Gasteiger partial charge in [-0.25, -0.2) is 4.79 Å². The van der Waals surface area contributed by atoms with E-state index in [0.717, 1.165) is 16.7 Å². The fourth-order valence-corrected chi connectivity index (χ4v) is 6.21. The monoisotopic (exact) mass is 539 g/mol. The Labute approximate surface area is 236 Å². The van der Waals surface area contributed by atoms with Crippen LogP contribution in [0.2, 0.25) is 0 Å². The second-order valence-electron chi connectivity index (χ2n) is 11.1. The molecule has 3 aromatic carbocycles. The number of likely N-dealkylation sites (tertiary alicyclic amines) is 1. The first kappa shape index (κ1) is 27.6. The lowest BCUT2D eigenvalue weighted by molar-refractivity contribution is -0.159. The van der Waals surface area contributed by atoms with Crippen LogP contribution in [0, 0.1) is 11.8 Å². The highest BCUT2D eigenvalue weighted by atomic mass is 16.5. The maximum Gasteiger partial charge on any atom is 0.328 e. The SMILES string of the molecule is COC(=O)[C@H](C(C)C)N(C)C(=O)C1CN(C(=O)[C@@H]2CN2C(c2ccccc2)(c2ccccc2)c2ccccc2)C1. The van der Waals surface area contributed by atoms with Crippen LogP contribution in [0.3, 0.4) is 0 Å². The van der Waals surface area contributed by atoms with Gasteiger partial charge in [0.1, 0.15) is 12.1 Å². The molecule has 2 saturated heterocycles. The molecule has 7 heteroatoms. The van der Waals surface area contributed by atoms with Crippen LogP contribution in [0.15, 0.2) is 91.0 Å². The molecule has 0 aromatic heterocycles. The summed E-state index contributed by atoms with van der Waals surface area (Å²) in [5, 5.41) is 0. The molecule has 0 saturated carbocycles. The highest BCUT2D eigenvalue weighted by Gasteiger charge is 2.58. The first-order valence-corrected chi connectivity index (χ1v) is 13.9. The summed E-state index contributed by atoms with van der Waals surface area (Å²) in [5.74, 6) is -0.929. The highest BCUT2D eigenvalue weighted by molar-refractivity contribution is 5.91. The van der Waals surface area contributed by atoms with Crippen molar-refractivity contribution in [2.75, 3.05) is 33.8 Å². The number of likely N-dealkylation sites (N-methyl/N-ethyl adjacent to an activating group) is 1. The normalized spacial score (nSPS) is 19.5. The number of carbonyl (C=O) groups excluding carboxylic acids is 3. The fourth-order valence-electron chi connectivity index (χ4n) is 6.21. The average Bonchev–Trinajstić information content (AvgIpc) is 3.75. The van der Waals surface area contributed by atoms with Crippen LogP contribution < -0.4 is 0 Å². The summed E-state index contributed by atoms with van der Waals surface area (Å²) < 4.78 is 4.93. The molecule has 3 atom stereocenters. The van der Waals surface area contributed by atoms with Gasteiger partial charge in [0.25, 0.3) is 0 Å². The lowest BCUT2D eigenvalue weighted by atomic mass is 9.76. The van der Waals surface area contributed by atoms with Crippen molar-refractivity contribution in [3.8, 4) is 0 Å². The third-order valence-corrected chi connectivity index (χ3v) is 8.28. The first-order valence-electron chi connectivity index (χ1n) is 13.9. The van der Waals surface area contributed by atoms with Crippen LogP contribution >= 0.6 is 0 Å². The van der Waals surface area contributed by atoms with Gasteiger partial charge in [0, 0.05) is 26.7 Å². The van der Waals surface area contributed by atoms with Gasteiger partial charge in [-0.2, -0.15) is 0 Å². The van der Waals surface area contributed by atoms with Crippen molar-refractivity contribution in [3.63, 3.8) is 0 Å². The number of hydrogen-bond donors (Lipinski definition) is 0. The molecule has 7 nitrogen and oxygen atoms in total. The van der Waals surface area contributed by atoms with Crippen molar-refractivity contribution in [3.05, 3.63) is 108 Å². The topological polar surface area (TPSA) is 69.9 Å². The summed E-state index contributed by atoms with van der Waals surface area (Å²) in [6.45, 7) is 5.11. The van der Waals surface area contributed by atoms with Crippen molar-refractivity contribution >= 4 is 17.8 Å². The van der Waals surface area contributed by atoms with Crippen LogP contribution in [0.4, 0.5) is 0 Å². The van der Waals surface area contributed by atoms with Gasteiger partial charge in [-0.3, -0.25) is 14.5 Å². The van der Waals surface area contributed by atoms with Gasteiger partial charge in [-0.05, 0) is 22.6 Å². The molecule has 0 N–H and O–H groups in total. The van der Waals surface area contributed by atoms with E-state index in [4.69, 9.17) is 4.74 Å². The maximum atomic E-state index is 13.8. The second-order valence-corrected chi connectivity index (χ2v) is 11.1. The summed E-state index contributed by atoms with van der Waals surface area (Å²) in [5.41, 5.74) is 2.67. The first-order chi connectivity index (χ1) is 19.3. The Kier molecular flexibility index (Phi) is 7.76. The average molecular weight is 540 g/mol. The molecular formula is C33H37N3O4. The molecule has 2 aliphatic rings. The molecule has 0 aliphatic carbocycles. The molecule has 2 heterocycles. The van der Waals surface area contributed by atoms with Crippen LogP contribution in [-0.2, 0) is 24.7 Å². The molecule has 2 aliphatic heterocycles. The van der Waals surface area contributed by atoms with E-state index >= 15 is 0 Å². The van der Waals surface area contributed by atoms with Gasteiger partial charge >= 0.3 is 5.97 Å². The minimum Gasteiger partial charge on any atom is -0.467 e. The van der Waals surface area contributed by atoms with Gasteiger partial charge < -0.3 is 14.5 Å². The standard InChI is InChI=1S/C33H37N3O4/c1-23(2)29(32(39)40-4)34(3)30(37)24-20-35(21-24)31(38)28-22-36(28)33(25-14-8-5-9-15-25,26-16-10-6-11-17-26)27-18-12-7-13-19-27/h5-19,23-24,28-29H,20-22H2,1-4H3/t28-,29-,36?/m0/s1. The lowest BCUT2D eigenvalue weighted by Crippen LogP contribution is -2.59. The zero-order valence-electron chi connectivity index (χ0n) is 23.6. The number of nitrogens with zero attached hydrogens (tertiary/aromatic N) is 3. The predicted octanol–water partition coefficient (Wildman–Crippen LogP) is 3.78. The Balaban J connectivity index is 1.37. The molecule has 0 radical (unpaired) electrons. The molecule has 2 amide bonds. The highest BCUT2D eigenvalue weighted by Crippen LogP contribution is 2.48. The minimum absolute atomic E-state index is 0.0345. The Hall–Kier alpha value is -3.97. The number of benzene rings is 3. The number of esters is 1. The Morgan fingerprint density at radius 1 is 0.800 bits per heavy atom. The van der Waals surface area contributed by atoms with Crippen LogP contribution in [0.25, 0.3) is 0 Å². The van der Waals surface area contributed by atoms with E-state index in [1.54, 1.807) is 11.9 Å². The van der Waals surface area contributed by atoms with E-state index in [1.807, 2.05) is 68.4 Å². The molecule has 2 fully saturated rings. The van der Waals surface area contributed by atoms with Gasteiger partial charge in [0.2, 0.25) is 11.8 Å². The number of carbonyl (C=O) groups is 3. The minimum atomic E-state index is -0.649. The van der Waals surface area contributed by atoms with Gasteiger partial charge in [-0.15, -0.1) is 0 Å². The number of methoxy groups -OCH3 is 1. The van der Waals surface area contributed by atoms with Crippen LogP contribution in [0.5, 0.6) is 0 Å². The molecule has 3 aromatic rings. The summed E-state index contributed by atoms with van der Waals surface area (Å²) >= 11 is 0. The van der Waals surface area contributed by atoms with Gasteiger partial charge in [0.05, 0.1) is 18.6 Å². The molecule has 208 valence electrons. The zero-order chi connectivity index (χ0) is 28.4. The third-order valence-electron chi connectivity index (χ3n) is 8.28. The molecule has 0 bridgehead atoms. The number of rotatable bonds is 9. The molecule has 5 rings (SSSR count). The second kappa shape index (κ2) is 11.3. The largest absolute Gasteiger partial charge is 0.467 e. The van der Waals surface area contributed by atoms with Crippen molar-refractivity contribution in [2.45, 2.75) is 31.5 Å².